The van der Waals surface area contributed by atoms with Crippen molar-refractivity contribution in [1.29, 1.82) is 0 Å². The lowest BCUT2D eigenvalue weighted by atomic mass is 10.1. The number of hydrogen-bond donors (Lipinski definition) is 2. The fourth-order valence-corrected chi connectivity index (χ4v) is 3.69. The topological polar surface area (TPSA) is 94.2 Å². The van der Waals surface area contributed by atoms with Crippen LogP contribution < -0.4 is 15.6 Å². The zero-order valence-corrected chi connectivity index (χ0v) is 18.6. The predicted octanol–water partition coefficient (Wildman–Crippen LogP) is 3.86. The molecule has 0 radical (unpaired) electrons. The van der Waals surface area contributed by atoms with Gasteiger partial charge in [-0.05, 0) is 36.8 Å². The van der Waals surface area contributed by atoms with Gasteiger partial charge in [-0.25, -0.2) is 14.1 Å². The first kappa shape index (κ1) is 22.5. The minimum Gasteiger partial charge on any atom is -0.494 e. The van der Waals surface area contributed by atoms with E-state index in [1.54, 1.807) is 31.6 Å². The summed E-state index contributed by atoms with van der Waals surface area (Å²) in [4.78, 5) is 17.4. The molecule has 8 nitrogen and oxygen atoms in total. The maximum atomic E-state index is 13.7. The molecule has 0 unspecified atom stereocenters. The van der Waals surface area contributed by atoms with Crippen LogP contribution in [0, 0.1) is 12.7 Å². The molecule has 2 aromatic heterocycles. The molecule has 4 rings (SSSR count). The van der Waals surface area contributed by atoms with E-state index < -0.39 is 24.0 Å². The van der Waals surface area contributed by atoms with Crippen LogP contribution in [0.1, 0.15) is 17.3 Å². The molecule has 4 aromatic rings. The van der Waals surface area contributed by atoms with Crippen LogP contribution in [-0.2, 0) is 0 Å². The Bertz CT molecular complexity index is 1350. The van der Waals surface area contributed by atoms with Gasteiger partial charge in [0.15, 0.2) is 5.15 Å². The number of nitrogens with one attached hydrogen (secondary N) is 1. The summed E-state index contributed by atoms with van der Waals surface area (Å²) in [6.07, 6.45) is 3.55. The van der Waals surface area contributed by atoms with Gasteiger partial charge in [-0.1, -0.05) is 23.7 Å². The highest BCUT2D eigenvalue weighted by atomic mass is 35.5. The van der Waals surface area contributed by atoms with Gasteiger partial charge in [0.2, 0.25) is 0 Å². The Kier molecular flexibility index (Phi) is 6.43. The Hall–Kier alpha value is -3.69. The van der Waals surface area contributed by atoms with Crippen molar-refractivity contribution in [2.24, 2.45) is 0 Å². The minimum atomic E-state index is -0.908. The summed E-state index contributed by atoms with van der Waals surface area (Å²) >= 11 is 6.17. The first-order chi connectivity index (χ1) is 15.9. The lowest BCUT2D eigenvalue weighted by molar-refractivity contribution is 0.237. The molecule has 0 spiro atoms. The highest BCUT2D eigenvalue weighted by Crippen LogP contribution is 2.28. The van der Waals surface area contributed by atoms with Crippen molar-refractivity contribution in [3.63, 3.8) is 0 Å². The van der Waals surface area contributed by atoms with Crippen LogP contribution in [-0.4, -0.2) is 38.2 Å². The number of nitrogens with zero attached hydrogens (tertiary/aromatic N) is 4. The molecule has 170 valence electrons. The molecule has 0 aliphatic rings. The largest absolute Gasteiger partial charge is 0.494 e. The molecular weight excluding hydrogens is 449 g/mol. The number of halogens is 2. The van der Waals surface area contributed by atoms with E-state index in [4.69, 9.17) is 16.3 Å². The van der Waals surface area contributed by atoms with Crippen molar-refractivity contribution in [2.75, 3.05) is 19.0 Å². The number of aromatic nitrogens is 4. The average Bonchev–Trinajstić information content (AvgIpc) is 3.23. The molecule has 0 amide bonds. The van der Waals surface area contributed by atoms with Crippen LogP contribution in [0.5, 0.6) is 5.75 Å². The van der Waals surface area contributed by atoms with Gasteiger partial charge in [0, 0.05) is 24.0 Å². The Labute approximate surface area is 193 Å². The Balaban J connectivity index is 1.71. The van der Waals surface area contributed by atoms with E-state index in [9.17, 15) is 14.3 Å². The quantitative estimate of drug-likeness (QED) is 0.427. The van der Waals surface area contributed by atoms with E-state index in [1.807, 2.05) is 23.8 Å². The third-order valence-electron chi connectivity index (χ3n) is 5.06. The second-order valence-corrected chi connectivity index (χ2v) is 7.71. The van der Waals surface area contributed by atoms with Crippen LogP contribution in [0.4, 0.5) is 15.8 Å². The zero-order valence-electron chi connectivity index (χ0n) is 17.9. The number of benzene rings is 2. The van der Waals surface area contributed by atoms with Gasteiger partial charge in [0.25, 0.3) is 5.56 Å². The lowest BCUT2D eigenvalue weighted by Crippen LogP contribution is -2.31. The predicted molar refractivity (Wildman–Crippen MR) is 123 cm³/mol. The van der Waals surface area contributed by atoms with Gasteiger partial charge >= 0.3 is 0 Å². The van der Waals surface area contributed by atoms with Crippen molar-refractivity contribution in [3.8, 4) is 11.4 Å². The fourth-order valence-electron chi connectivity index (χ4n) is 3.50. The minimum absolute atomic E-state index is 0.0319. The van der Waals surface area contributed by atoms with E-state index in [-0.39, 0.29) is 10.8 Å². The number of rotatable bonds is 7. The molecular formula is C23H21ClFN5O3. The maximum absolute atomic E-state index is 13.7. The second kappa shape index (κ2) is 9.43. The molecule has 1 atom stereocenters. The van der Waals surface area contributed by atoms with Crippen molar-refractivity contribution >= 4 is 23.0 Å². The molecule has 33 heavy (non-hydrogen) atoms. The van der Waals surface area contributed by atoms with E-state index in [1.165, 1.54) is 24.3 Å². The van der Waals surface area contributed by atoms with Crippen molar-refractivity contribution in [2.45, 2.75) is 13.0 Å². The van der Waals surface area contributed by atoms with Gasteiger partial charge < -0.3 is 19.7 Å². The number of ether oxygens (including phenoxy) is 1. The van der Waals surface area contributed by atoms with E-state index in [0.29, 0.717) is 17.0 Å². The van der Waals surface area contributed by atoms with Crippen LogP contribution in [0.3, 0.4) is 0 Å². The third-order valence-corrected chi connectivity index (χ3v) is 5.24. The van der Waals surface area contributed by atoms with Gasteiger partial charge in [-0.15, -0.1) is 0 Å². The van der Waals surface area contributed by atoms with Crippen molar-refractivity contribution in [3.05, 3.63) is 93.6 Å². The summed E-state index contributed by atoms with van der Waals surface area (Å²) in [6, 6.07) is 11.4. The number of aliphatic hydroxyl groups is 1. The molecule has 10 heteroatoms. The molecule has 2 aromatic carbocycles. The highest BCUT2D eigenvalue weighted by molar-refractivity contribution is 6.29. The standard InChI is InChI=1S/C23H21ClFN5O3/c1-14-11-29(13-26-14)19-7-6-17(9-21(19)33-2)27-18-10-22(24)28-30(23(18)32)20(12-31)15-4-3-5-16(25)8-15/h3-11,13,20,27,31H,12H2,1-2H3/t20-/m0/s1. The molecule has 0 bridgehead atoms. The van der Waals surface area contributed by atoms with Crippen LogP contribution in [0.25, 0.3) is 5.69 Å². The fraction of sp³-hybridized carbons (Fsp3) is 0.174. The number of aliphatic hydroxyl groups excluding tert-OH is 1. The summed E-state index contributed by atoms with van der Waals surface area (Å²) in [7, 11) is 1.55. The lowest BCUT2D eigenvalue weighted by Gasteiger charge is -2.19. The van der Waals surface area contributed by atoms with Crippen LogP contribution in [0.2, 0.25) is 5.15 Å². The Morgan fingerprint density at radius 1 is 1.24 bits per heavy atom. The maximum Gasteiger partial charge on any atom is 0.291 e. The average molecular weight is 470 g/mol. The molecule has 2 heterocycles. The number of aryl methyl sites for hydroxylation is 1. The summed E-state index contributed by atoms with van der Waals surface area (Å²) in [5.74, 6) is 0.0746. The zero-order chi connectivity index (χ0) is 23.5. The van der Waals surface area contributed by atoms with E-state index in [0.717, 1.165) is 16.1 Å². The SMILES string of the molecule is COc1cc(Nc2cc(Cl)nn([C@@H](CO)c3cccc(F)c3)c2=O)ccc1-n1cnc(C)c1. The monoisotopic (exact) mass is 469 g/mol. The van der Waals surface area contributed by atoms with Crippen LogP contribution >= 0.6 is 11.6 Å². The number of hydrogen-bond acceptors (Lipinski definition) is 6. The van der Waals surface area contributed by atoms with Gasteiger partial charge in [-0.3, -0.25) is 4.79 Å². The smallest absolute Gasteiger partial charge is 0.291 e. The highest BCUT2D eigenvalue weighted by Gasteiger charge is 2.19. The van der Waals surface area contributed by atoms with E-state index in [2.05, 4.69) is 15.4 Å². The van der Waals surface area contributed by atoms with E-state index >= 15 is 0 Å². The molecule has 0 saturated carbocycles. The first-order valence-electron chi connectivity index (χ1n) is 10.0. The Morgan fingerprint density at radius 2 is 2.06 bits per heavy atom. The second-order valence-electron chi connectivity index (χ2n) is 7.32. The van der Waals surface area contributed by atoms with Gasteiger partial charge in [0.05, 0.1) is 31.4 Å². The van der Waals surface area contributed by atoms with Gasteiger partial charge in [0.1, 0.15) is 23.3 Å². The summed E-state index contributed by atoms with van der Waals surface area (Å²) in [6.45, 7) is 1.42. The molecule has 0 saturated heterocycles. The normalized spacial score (nSPS) is 11.9. The number of anilines is 2. The summed E-state index contributed by atoms with van der Waals surface area (Å²) in [5.41, 5.74) is 2.21. The molecule has 0 aliphatic heterocycles. The number of imidazole rings is 1. The number of methoxy groups -OCH3 is 1. The molecule has 0 fully saturated rings. The summed E-state index contributed by atoms with van der Waals surface area (Å²) in [5, 5.41) is 17.0. The van der Waals surface area contributed by atoms with Crippen molar-refractivity contribution in [1.82, 2.24) is 19.3 Å². The van der Waals surface area contributed by atoms with Crippen LogP contribution in [0.15, 0.2) is 65.8 Å². The summed E-state index contributed by atoms with van der Waals surface area (Å²) < 4.78 is 22.1. The third kappa shape index (κ3) is 4.74. The first-order valence-corrected chi connectivity index (χ1v) is 10.4. The van der Waals surface area contributed by atoms with Crippen molar-refractivity contribution < 1.29 is 14.2 Å². The molecule has 2 N–H and O–H groups in total. The molecule has 0 aliphatic carbocycles. The Morgan fingerprint density at radius 3 is 2.73 bits per heavy atom. The van der Waals surface area contributed by atoms with Gasteiger partial charge in [-0.2, -0.15) is 5.10 Å².